The van der Waals surface area contributed by atoms with E-state index in [1.165, 1.54) is 0 Å². The van der Waals surface area contributed by atoms with Crippen molar-refractivity contribution in [1.82, 2.24) is 5.32 Å². The molecule has 0 aromatic heterocycles. The number of aryl methyl sites for hydroxylation is 1. The van der Waals surface area contributed by atoms with Crippen LogP contribution in [0.3, 0.4) is 0 Å². The van der Waals surface area contributed by atoms with Gasteiger partial charge < -0.3 is 15.4 Å². The minimum Gasteiger partial charge on any atom is -0.482 e. The number of nitrogens with one attached hydrogen (secondary N) is 2. The monoisotopic (exact) mass is 346 g/mol. The summed E-state index contributed by atoms with van der Waals surface area (Å²) in [5.41, 5.74) is 2.00. The van der Waals surface area contributed by atoms with Crippen LogP contribution in [0.1, 0.15) is 22.8 Å². The lowest BCUT2D eigenvalue weighted by Crippen LogP contribution is -2.23. The zero-order valence-electron chi connectivity index (χ0n) is 13.6. The van der Waals surface area contributed by atoms with Crippen LogP contribution >= 0.6 is 11.6 Å². The predicted molar refractivity (Wildman–Crippen MR) is 94.8 cm³/mol. The predicted octanol–water partition coefficient (Wildman–Crippen LogP) is 3.42. The minimum absolute atomic E-state index is 0.172. The Morgan fingerprint density at radius 1 is 1.17 bits per heavy atom. The van der Waals surface area contributed by atoms with Gasteiger partial charge in [-0.3, -0.25) is 9.59 Å². The zero-order valence-corrected chi connectivity index (χ0v) is 14.3. The topological polar surface area (TPSA) is 67.4 Å². The summed E-state index contributed by atoms with van der Waals surface area (Å²) in [4.78, 5) is 23.8. The first-order chi connectivity index (χ1) is 11.5. The van der Waals surface area contributed by atoms with E-state index in [1.807, 2.05) is 19.9 Å². The Morgan fingerprint density at radius 3 is 2.71 bits per heavy atom. The molecule has 0 atom stereocenters. The maximum Gasteiger partial charge on any atom is 0.262 e. The third-order valence-electron chi connectivity index (χ3n) is 3.19. The normalized spacial score (nSPS) is 10.1. The summed E-state index contributed by atoms with van der Waals surface area (Å²) in [6, 6.07) is 12.1. The maximum absolute atomic E-state index is 12.0. The van der Waals surface area contributed by atoms with Crippen molar-refractivity contribution in [3.8, 4) is 5.75 Å². The van der Waals surface area contributed by atoms with Gasteiger partial charge >= 0.3 is 0 Å². The van der Waals surface area contributed by atoms with Gasteiger partial charge in [0, 0.05) is 17.8 Å². The van der Waals surface area contributed by atoms with Gasteiger partial charge in [-0.2, -0.15) is 0 Å². The molecule has 0 spiro atoms. The fourth-order valence-corrected chi connectivity index (χ4v) is 2.23. The molecule has 2 aromatic carbocycles. The van der Waals surface area contributed by atoms with Gasteiger partial charge in [0.1, 0.15) is 5.75 Å². The molecule has 6 heteroatoms. The van der Waals surface area contributed by atoms with Crippen LogP contribution in [0.25, 0.3) is 0 Å². The van der Waals surface area contributed by atoms with E-state index in [9.17, 15) is 9.59 Å². The van der Waals surface area contributed by atoms with Crippen LogP contribution in [0.4, 0.5) is 5.69 Å². The highest BCUT2D eigenvalue weighted by Crippen LogP contribution is 2.25. The minimum atomic E-state index is -0.333. The molecule has 2 rings (SSSR count). The third kappa shape index (κ3) is 4.99. The molecule has 0 bridgehead atoms. The SMILES string of the molecule is CCNC(=O)c1cccc(NC(=O)COc2cc(C)ccc2Cl)c1. The number of amides is 2. The second kappa shape index (κ2) is 8.36. The summed E-state index contributed by atoms with van der Waals surface area (Å²) in [6.07, 6.45) is 0. The molecule has 0 aliphatic rings. The largest absolute Gasteiger partial charge is 0.482 e. The number of benzene rings is 2. The van der Waals surface area contributed by atoms with E-state index < -0.39 is 0 Å². The second-order valence-corrected chi connectivity index (χ2v) is 5.62. The maximum atomic E-state index is 12.0. The van der Waals surface area contributed by atoms with Gasteiger partial charge in [-0.25, -0.2) is 0 Å². The summed E-state index contributed by atoms with van der Waals surface area (Å²) in [7, 11) is 0. The van der Waals surface area contributed by atoms with Gasteiger partial charge in [0.15, 0.2) is 6.61 Å². The average Bonchev–Trinajstić information content (AvgIpc) is 2.56. The number of halogens is 1. The van der Waals surface area contributed by atoms with Gasteiger partial charge in [0.25, 0.3) is 11.8 Å². The Kier molecular flexibility index (Phi) is 6.21. The van der Waals surface area contributed by atoms with E-state index >= 15 is 0 Å². The molecular weight excluding hydrogens is 328 g/mol. The lowest BCUT2D eigenvalue weighted by atomic mass is 10.2. The average molecular weight is 347 g/mol. The number of anilines is 1. The van der Waals surface area contributed by atoms with E-state index in [0.29, 0.717) is 28.6 Å². The summed E-state index contributed by atoms with van der Waals surface area (Å²) < 4.78 is 5.44. The highest BCUT2D eigenvalue weighted by Gasteiger charge is 2.09. The van der Waals surface area contributed by atoms with E-state index in [2.05, 4.69) is 10.6 Å². The molecule has 0 radical (unpaired) electrons. The molecule has 2 aromatic rings. The van der Waals surface area contributed by atoms with Crippen molar-refractivity contribution in [1.29, 1.82) is 0 Å². The Bertz CT molecular complexity index is 747. The number of carbonyl (C=O) groups excluding carboxylic acids is 2. The van der Waals surface area contributed by atoms with Crippen molar-refractivity contribution >= 4 is 29.1 Å². The highest BCUT2D eigenvalue weighted by atomic mass is 35.5. The first-order valence-corrected chi connectivity index (χ1v) is 7.94. The molecule has 5 nitrogen and oxygen atoms in total. The Balaban J connectivity index is 1.96. The van der Waals surface area contributed by atoms with E-state index in [1.54, 1.807) is 36.4 Å². The Hall–Kier alpha value is -2.53. The molecule has 0 unspecified atom stereocenters. The van der Waals surface area contributed by atoms with Crippen molar-refractivity contribution in [2.24, 2.45) is 0 Å². The standard InChI is InChI=1S/C18H19ClN2O3/c1-3-20-18(23)13-5-4-6-14(10-13)21-17(22)11-24-16-9-12(2)7-8-15(16)19/h4-10H,3,11H2,1-2H3,(H,20,23)(H,21,22). The lowest BCUT2D eigenvalue weighted by Gasteiger charge is -2.10. The van der Waals surface area contributed by atoms with E-state index in [4.69, 9.17) is 16.3 Å². The summed E-state index contributed by atoms with van der Waals surface area (Å²) in [5, 5.41) is 5.86. The van der Waals surface area contributed by atoms with Crippen LogP contribution in [0, 0.1) is 6.92 Å². The number of hydrogen-bond acceptors (Lipinski definition) is 3. The van der Waals surface area contributed by atoms with Crippen molar-refractivity contribution in [3.63, 3.8) is 0 Å². The quantitative estimate of drug-likeness (QED) is 0.842. The van der Waals surface area contributed by atoms with Gasteiger partial charge in [-0.1, -0.05) is 23.7 Å². The zero-order chi connectivity index (χ0) is 17.5. The van der Waals surface area contributed by atoms with Crippen molar-refractivity contribution in [2.75, 3.05) is 18.5 Å². The molecule has 0 fully saturated rings. The first kappa shape index (κ1) is 17.8. The fraction of sp³-hybridized carbons (Fsp3) is 0.222. The van der Waals surface area contributed by atoms with E-state index in [-0.39, 0.29) is 18.4 Å². The lowest BCUT2D eigenvalue weighted by molar-refractivity contribution is -0.118. The number of carbonyl (C=O) groups is 2. The molecule has 126 valence electrons. The molecule has 0 saturated carbocycles. The number of rotatable bonds is 6. The summed E-state index contributed by atoms with van der Waals surface area (Å²) >= 11 is 6.02. The Morgan fingerprint density at radius 2 is 1.96 bits per heavy atom. The van der Waals surface area contributed by atoms with Crippen LogP contribution in [0.2, 0.25) is 5.02 Å². The van der Waals surface area contributed by atoms with Crippen LogP contribution in [0.15, 0.2) is 42.5 Å². The summed E-state index contributed by atoms with van der Waals surface area (Å²) in [6.45, 7) is 4.13. The summed E-state index contributed by atoms with van der Waals surface area (Å²) in [5.74, 6) is -0.0556. The second-order valence-electron chi connectivity index (χ2n) is 5.21. The van der Waals surface area contributed by atoms with Crippen molar-refractivity contribution < 1.29 is 14.3 Å². The molecule has 24 heavy (non-hydrogen) atoms. The Labute approximate surface area is 146 Å². The molecule has 0 aliphatic heterocycles. The fourth-order valence-electron chi connectivity index (χ4n) is 2.06. The first-order valence-electron chi connectivity index (χ1n) is 7.56. The molecule has 0 aliphatic carbocycles. The molecule has 2 N–H and O–H groups in total. The molecular formula is C18H19ClN2O3. The smallest absolute Gasteiger partial charge is 0.262 e. The van der Waals surface area contributed by atoms with Crippen molar-refractivity contribution in [2.45, 2.75) is 13.8 Å². The molecule has 0 heterocycles. The molecule has 0 saturated heterocycles. The van der Waals surface area contributed by atoms with Gasteiger partial charge in [-0.15, -0.1) is 0 Å². The third-order valence-corrected chi connectivity index (χ3v) is 3.50. The van der Waals surface area contributed by atoms with Crippen molar-refractivity contribution in [3.05, 3.63) is 58.6 Å². The van der Waals surface area contributed by atoms with Gasteiger partial charge in [0.05, 0.1) is 5.02 Å². The molecule has 2 amide bonds. The van der Waals surface area contributed by atoms with Gasteiger partial charge in [0.2, 0.25) is 0 Å². The van der Waals surface area contributed by atoms with Crippen LogP contribution in [-0.4, -0.2) is 25.0 Å². The van der Waals surface area contributed by atoms with E-state index in [0.717, 1.165) is 5.56 Å². The van der Waals surface area contributed by atoms with Crippen LogP contribution in [-0.2, 0) is 4.79 Å². The van der Waals surface area contributed by atoms with Gasteiger partial charge in [-0.05, 0) is 49.7 Å². The highest BCUT2D eigenvalue weighted by molar-refractivity contribution is 6.32. The number of hydrogen-bond donors (Lipinski definition) is 2. The van der Waals surface area contributed by atoms with Crippen LogP contribution in [0.5, 0.6) is 5.75 Å². The number of ether oxygens (including phenoxy) is 1. The van der Waals surface area contributed by atoms with Crippen LogP contribution < -0.4 is 15.4 Å².